The molecule has 7 heteroatoms. The number of nitrogens with two attached hydrogens (primary N) is 1. The molecule has 106 valence electrons. The number of hydrogen-bond donors (Lipinski definition) is 2. The normalized spacial score (nSPS) is 21.4. The first-order valence-electron chi connectivity index (χ1n) is 6.76. The minimum atomic E-state index is -0.337. The zero-order chi connectivity index (χ0) is 13.8. The molecule has 2 unspecified atom stereocenters. The number of anilines is 1. The lowest BCUT2D eigenvalue weighted by atomic mass is 10.0. The van der Waals surface area contributed by atoms with E-state index in [0.717, 1.165) is 32.4 Å². The Morgan fingerprint density at radius 2 is 2.37 bits per heavy atom. The Balaban J connectivity index is 2.14. The number of amides is 1. The zero-order valence-corrected chi connectivity index (χ0v) is 11.4. The third kappa shape index (κ3) is 3.04. The maximum atomic E-state index is 11.5. The molecule has 1 aromatic heterocycles. The second kappa shape index (κ2) is 6.01. The molecule has 1 aromatic rings. The van der Waals surface area contributed by atoms with Crippen LogP contribution in [-0.2, 0) is 4.79 Å². The molecule has 0 bridgehead atoms. The molecule has 1 fully saturated rings. The monoisotopic (exact) mass is 267 g/mol. The second-order valence-electron chi connectivity index (χ2n) is 4.81. The summed E-state index contributed by atoms with van der Waals surface area (Å²) < 4.78 is 5.65. The van der Waals surface area contributed by atoms with Gasteiger partial charge in [-0.25, -0.2) is 0 Å². The minimum absolute atomic E-state index is 0.00284. The summed E-state index contributed by atoms with van der Waals surface area (Å²) in [5.74, 6) is 0.199. The SMILES string of the molecule is CCNC(C)c1nnc(N2CCCCC2C(N)=O)o1. The predicted molar refractivity (Wildman–Crippen MR) is 70.6 cm³/mol. The van der Waals surface area contributed by atoms with Crippen LogP contribution in [0.3, 0.4) is 0 Å². The van der Waals surface area contributed by atoms with E-state index in [4.69, 9.17) is 10.2 Å². The van der Waals surface area contributed by atoms with Crippen LogP contribution in [0.5, 0.6) is 0 Å². The van der Waals surface area contributed by atoms with E-state index in [1.165, 1.54) is 0 Å². The lowest BCUT2D eigenvalue weighted by molar-refractivity contribution is -0.119. The van der Waals surface area contributed by atoms with Crippen molar-refractivity contribution in [2.75, 3.05) is 18.0 Å². The van der Waals surface area contributed by atoms with Crippen LogP contribution in [-0.4, -0.2) is 35.2 Å². The summed E-state index contributed by atoms with van der Waals surface area (Å²) >= 11 is 0. The Kier molecular flexibility index (Phi) is 4.36. The van der Waals surface area contributed by atoms with Gasteiger partial charge in [0.2, 0.25) is 11.8 Å². The number of piperidine rings is 1. The Bertz CT molecular complexity index is 434. The van der Waals surface area contributed by atoms with Crippen molar-refractivity contribution < 1.29 is 9.21 Å². The fourth-order valence-electron chi connectivity index (χ4n) is 2.37. The fraction of sp³-hybridized carbons (Fsp3) is 0.750. The van der Waals surface area contributed by atoms with Gasteiger partial charge in [0.1, 0.15) is 6.04 Å². The van der Waals surface area contributed by atoms with Gasteiger partial charge in [0, 0.05) is 6.54 Å². The molecule has 2 heterocycles. The van der Waals surface area contributed by atoms with Crippen molar-refractivity contribution in [2.45, 2.75) is 45.2 Å². The van der Waals surface area contributed by atoms with Crippen molar-refractivity contribution in [3.8, 4) is 0 Å². The van der Waals surface area contributed by atoms with Gasteiger partial charge in [-0.1, -0.05) is 12.0 Å². The van der Waals surface area contributed by atoms with Gasteiger partial charge in [-0.3, -0.25) is 4.79 Å². The first-order valence-corrected chi connectivity index (χ1v) is 6.76. The number of nitrogens with zero attached hydrogens (tertiary/aromatic N) is 3. The predicted octanol–water partition coefficient (Wildman–Crippen LogP) is 0.584. The van der Waals surface area contributed by atoms with Gasteiger partial charge in [-0.05, 0) is 32.7 Å². The highest BCUT2D eigenvalue weighted by molar-refractivity contribution is 5.83. The van der Waals surface area contributed by atoms with Crippen LogP contribution >= 0.6 is 0 Å². The minimum Gasteiger partial charge on any atom is -0.406 e. The average molecular weight is 267 g/mol. The number of nitrogens with one attached hydrogen (secondary N) is 1. The van der Waals surface area contributed by atoms with E-state index in [1.807, 2.05) is 18.7 Å². The third-order valence-electron chi connectivity index (χ3n) is 3.39. The quantitative estimate of drug-likeness (QED) is 0.810. The maximum absolute atomic E-state index is 11.5. The van der Waals surface area contributed by atoms with Gasteiger partial charge >= 0.3 is 6.01 Å². The summed E-state index contributed by atoms with van der Waals surface area (Å²) in [6, 6.07) is 0.0582. The summed E-state index contributed by atoms with van der Waals surface area (Å²) in [4.78, 5) is 13.3. The van der Waals surface area contributed by atoms with Crippen LogP contribution in [0.1, 0.15) is 45.0 Å². The molecule has 0 radical (unpaired) electrons. The van der Waals surface area contributed by atoms with Crippen molar-refractivity contribution in [3.05, 3.63) is 5.89 Å². The third-order valence-corrected chi connectivity index (χ3v) is 3.39. The molecule has 1 saturated heterocycles. The van der Waals surface area contributed by atoms with E-state index < -0.39 is 0 Å². The summed E-state index contributed by atoms with van der Waals surface area (Å²) in [6.07, 6.45) is 2.75. The van der Waals surface area contributed by atoms with Crippen molar-refractivity contribution in [2.24, 2.45) is 5.73 Å². The molecule has 0 aromatic carbocycles. The molecule has 0 aliphatic carbocycles. The van der Waals surface area contributed by atoms with Crippen LogP contribution in [0.4, 0.5) is 6.01 Å². The van der Waals surface area contributed by atoms with Crippen LogP contribution in [0.25, 0.3) is 0 Å². The van der Waals surface area contributed by atoms with Crippen molar-refractivity contribution in [1.29, 1.82) is 0 Å². The van der Waals surface area contributed by atoms with E-state index in [1.54, 1.807) is 0 Å². The highest BCUT2D eigenvalue weighted by Gasteiger charge is 2.30. The zero-order valence-electron chi connectivity index (χ0n) is 11.4. The fourth-order valence-corrected chi connectivity index (χ4v) is 2.37. The van der Waals surface area contributed by atoms with Gasteiger partial charge in [-0.2, -0.15) is 0 Å². The lowest BCUT2D eigenvalue weighted by Gasteiger charge is -2.31. The van der Waals surface area contributed by atoms with Crippen LogP contribution in [0.2, 0.25) is 0 Å². The molecule has 1 aliphatic heterocycles. The molecule has 0 spiro atoms. The van der Waals surface area contributed by atoms with Crippen molar-refractivity contribution >= 4 is 11.9 Å². The highest BCUT2D eigenvalue weighted by atomic mass is 16.4. The number of rotatable bonds is 5. The Hall–Kier alpha value is -1.63. The van der Waals surface area contributed by atoms with E-state index in [-0.39, 0.29) is 18.0 Å². The summed E-state index contributed by atoms with van der Waals surface area (Å²) in [5, 5.41) is 11.3. The van der Waals surface area contributed by atoms with Gasteiger partial charge in [0.15, 0.2) is 0 Å². The Morgan fingerprint density at radius 3 is 3.05 bits per heavy atom. The lowest BCUT2D eigenvalue weighted by Crippen LogP contribution is -2.48. The molecule has 7 nitrogen and oxygen atoms in total. The number of carbonyl (C=O) groups excluding carboxylic acids is 1. The molecule has 2 atom stereocenters. The topological polar surface area (TPSA) is 97.3 Å². The maximum Gasteiger partial charge on any atom is 0.318 e. The Labute approximate surface area is 112 Å². The molecule has 3 N–H and O–H groups in total. The van der Waals surface area contributed by atoms with Gasteiger partial charge in [-0.15, -0.1) is 5.10 Å². The van der Waals surface area contributed by atoms with Crippen LogP contribution < -0.4 is 16.0 Å². The molecule has 0 saturated carbocycles. The van der Waals surface area contributed by atoms with E-state index >= 15 is 0 Å². The van der Waals surface area contributed by atoms with Gasteiger partial charge < -0.3 is 20.4 Å². The highest BCUT2D eigenvalue weighted by Crippen LogP contribution is 2.24. The number of carbonyl (C=O) groups is 1. The van der Waals surface area contributed by atoms with Gasteiger partial charge in [0.05, 0.1) is 6.04 Å². The summed E-state index contributed by atoms with van der Waals surface area (Å²) in [7, 11) is 0. The van der Waals surface area contributed by atoms with Crippen LogP contribution in [0, 0.1) is 0 Å². The first-order chi connectivity index (χ1) is 9.13. The second-order valence-corrected chi connectivity index (χ2v) is 4.81. The number of aromatic nitrogens is 2. The molecule has 19 heavy (non-hydrogen) atoms. The molecule has 1 aliphatic rings. The van der Waals surface area contributed by atoms with Gasteiger partial charge in [0.25, 0.3) is 0 Å². The molecular weight excluding hydrogens is 246 g/mol. The van der Waals surface area contributed by atoms with Crippen molar-refractivity contribution in [1.82, 2.24) is 15.5 Å². The van der Waals surface area contributed by atoms with Crippen LogP contribution in [0.15, 0.2) is 4.42 Å². The average Bonchev–Trinajstić information content (AvgIpc) is 2.88. The number of hydrogen-bond acceptors (Lipinski definition) is 6. The van der Waals surface area contributed by atoms with E-state index in [0.29, 0.717) is 11.9 Å². The first kappa shape index (κ1) is 13.8. The summed E-state index contributed by atoms with van der Waals surface area (Å²) in [5.41, 5.74) is 5.43. The number of primary amides is 1. The Morgan fingerprint density at radius 1 is 1.58 bits per heavy atom. The van der Waals surface area contributed by atoms with E-state index in [2.05, 4.69) is 15.5 Å². The molecule has 1 amide bonds. The van der Waals surface area contributed by atoms with E-state index in [9.17, 15) is 4.79 Å². The molecule has 2 rings (SSSR count). The summed E-state index contributed by atoms with van der Waals surface area (Å²) in [6.45, 7) is 5.53. The smallest absolute Gasteiger partial charge is 0.318 e. The molecular formula is C12H21N5O2. The standard InChI is InChI=1S/C12H21N5O2/c1-3-14-8(2)11-15-16-12(19-11)17-7-5-4-6-9(17)10(13)18/h8-9,14H,3-7H2,1-2H3,(H2,13,18). The largest absolute Gasteiger partial charge is 0.406 e. The van der Waals surface area contributed by atoms with Crippen molar-refractivity contribution in [3.63, 3.8) is 0 Å².